The lowest BCUT2D eigenvalue weighted by molar-refractivity contribution is -0.126. The number of hydrogen-bond acceptors (Lipinski definition) is 2. The first-order chi connectivity index (χ1) is 7.62. The topological polar surface area (TPSA) is 32.3 Å². The third kappa shape index (κ3) is 4.31. The highest BCUT2D eigenvalue weighted by molar-refractivity contribution is 7.80. The molecule has 3 nitrogen and oxygen atoms in total. The molecule has 0 aliphatic carbocycles. The number of likely N-dealkylation sites (N-methyl/N-ethyl adjacent to an activating group) is 2. The molecule has 0 saturated carbocycles. The molecule has 0 aromatic carbocycles. The summed E-state index contributed by atoms with van der Waals surface area (Å²) in [5.74, 6) is 0.0329. The van der Waals surface area contributed by atoms with Gasteiger partial charge in [0.25, 0.3) is 5.91 Å². The fourth-order valence-electron chi connectivity index (χ4n) is 1.46. The van der Waals surface area contributed by atoms with Crippen molar-refractivity contribution < 1.29 is 4.79 Å². The summed E-state index contributed by atoms with van der Waals surface area (Å²) < 4.78 is 0. The van der Waals surface area contributed by atoms with Gasteiger partial charge >= 0.3 is 0 Å². The summed E-state index contributed by atoms with van der Waals surface area (Å²) in [6.07, 6.45) is 3.66. The zero-order valence-corrected chi connectivity index (χ0v) is 11.5. The van der Waals surface area contributed by atoms with Crippen LogP contribution in [0.2, 0.25) is 0 Å². The number of amides is 1. The second-order valence-electron chi connectivity index (χ2n) is 3.49. The molecular formula is C12H22N2OS. The summed E-state index contributed by atoms with van der Waals surface area (Å²) in [4.78, 5) is 14.5. The van der Waals surface area contributed by atoms with Crippen molar-refractivity contribution in [2.75, 3.05) is 20.1 Å². The molecule has 92 valence electrons. The Balaban J connectivity index is 4.85. The van der Waals surface area contributed by atoms with Crippen LogP contribution in [0.3, 0.4) is 0 Å². The number of thiocarbonyl (C=S) groups is 1. The first-order valence-corrected chi connectivity index (χ1v) is 6.24. The smallest absolute Gasteiger partial charge is 0.256 e. The molecule has 0 fully saturated rings. The zero-order chi connectivity index (χ0) is 12.6. The Morgan fingerprint density at radius 3 is 2.38 bits per heavy atom. The van der Waals surface area contributed by atoms with Crippen molar-refractivity contribution in [3.8, 4) is 0 Å². The monoisotopic (exact) mass is 242 g/mol. The van der Waals surface area contributed by atoms with E-state index in [-0.39, 0.29) is 5.91 Å². The zero-order valence-electron chi connectivity index (χ0n) is 10.7. The molecule has 0 unspecified atom stereocenters. The number of nitrogens with one attached hydrogen (secondary N) is 1. The van der Waals surface area contributed by atoms with Crippen LogP contribution < -0.4 is 5.32 Å². The summed E-state index contributed by atoms with van der Waals surface area (Å²) in [6.45, 7) is 7.56. The molecular weight excluding hydrogens is 220 g/mol. The molecule has 0 aromatic rings. The molecule has 0 aromatic heterocycles. The molecule has 1 amide bonds. The van der Waals surface area contributed by atoms with Crippen LogP contribution in [0.5, 0.6) is 0 Å². The molecule has 0 atom stereocenters. The van der Waals surface area contributed by atoms with E-state index < -0.39 is 0 Å². The molecule has 0 aliphatic rings. The largest absolute Gasteiger partial charge is 0.379 e. The van der Waals surface area contributed by atoms with E-state index in [1.165, 1.54) is 0 Å². The minimum absolute atomic E-state index is 0.0329. The van der Waals surface area contributed by atoms with Crippen molar-refractivity contribution in [2.24, 2.45) is 0 Å². The number of allylic oxidation sites excluding steroid dienone is 1. The molecule has 0 bridgehead atoms. The minimum atomic E-state index is 0.0329. The maximum absolute atomic E-state index is 12.2. The highest BCUT2D eigenvalue weighted by Gasteiger charge is 2.18. The van der Waals surface area contributed by atoms with Crippen LogP contribution in [0.15, 0.2) is 11.6 Å². The number of carbonyl (C=O) groups is 1. The minimum Gasteiger partial charge on any atom is -0.379 e. The van der Waals surface area contributed by atoms with Crippen molar-refractivity contribution in [1.82, 2.24) is 10.2 Å². The van der Waals surface area contributed by atoms with Crippen LogP contribution in [0, 0.1) is 0 Å². The van der Waals surface area contributed by atoms with Gasteiger partial charge in [0.15, 0.2) is 0 Å². The molecule has 0 aliphatic heterocycles. The Morgan fingerprint density at radius 1 is 1.38 bits per heavy atom. The molecule has 0 radical (unpaired) electrons. The van der Waals surface area contributed by atoms with Crippen molar-refractivity contribution in [1.29, 1.82) is 0 Å². The van der Waals surface area contributed by atoms with Gasteiger partial charge < -0.3 is 10.2 Å². The van der Waals surface area contributed by atoms with Gasteiger partial charge in [-0.1, -0.05) is 32.1 Å². The van der Waals surface area contributed by atoms with Gasteiger partial charge in [-0.3, -0.25) is 4.79 Å². The summed E-state index contributed by atoms with van der Waals surface area (Å²) in [5, 5.41) is 2.87. The second kappa shape index (κ2) is 8.28. The number of carbonyl (C=O) groups excluding carboxylic acids is 1. The Kier molecular flexibility index (Phi) is 7.81. The Labute approximate surface area is 104 Å². The van der Waals surface area contributed by atoms with Gasteiger partial charge in [0.05, 0.1) is 5.57 Å². The van der Waals surface area contributed by atoms with E-state index in [0.29, 0.717) is 10.6 Å². The molecule has 16 heavy (non-hydrogen) atoms. The lowest BCUT2D eigenvalue weighted by atomic mass is 10.2. The number of nitrogens with zero attached hydrogens (tertiary/aromatic N) is 1. The van der Waals surface area contributed by atoms with E-state index in [9.17, 15) is 4.79 Å². The summed E-state index contributed by atoms with van der Waals surface area (Å²) >= 11 is 5.14. The lowest BCUT2D eigenvalue weighted by Crippen LogP contribution is -2.37. The normalized spacial score (nSPS) is 11.1. The molecule has 4 heteroatoms. The average molecular weight is 242 g/mol. The molecule has 0 spiro atoms. The standard InChI is InChI=1S/C12H22N2OS/c1-5-8-10(11(16)13-4)12(15)14(7-3)9-6-2/h8H,5-7,9H2,1-4H3,(H,13,16)/b10-8+. The number of hydrogen-bond donors (Lipinski definition) is 1. The van der Waals surface area contributed by atoms with Gasteiger partial charge in [-0.25, -0.2) is 0 Å². The van der Waals surface area contributed by atoms with Gasteiger partial charge in [0.1, 0.15) is 4.99 Å². The van der Waals surface area contributed by atoms with Crippen LogP contribution in [0.25, 0.3) is 0 Å². The summed E-state index contributed by atoms with van der Waals surface area (Å²) in [5.41, 5.74) is 0.621. The van der Waals surface area contributed by atoms with Gasteiger partial charge in [0, 0.05) is 20.1 Å². The van der Waals surface area contributed by atoms with E-state index in [2.05, 4.69) is 12.2 Å². The van der Waals surface area contributed by atoms with Crippen LogP contribution in [-0.2, 0) is 4.79 Å². The van der Waals surface area contributed by atoms with Crippen LogP contribution >= 0.6 is 12.2 Å². The lowest BCUT2D eigenvalue weighted by Gasteiger charge is -2.22. The van der Waals surface area contributed by atoms with Crippen LogP contribution in [0.1, 0.15) is 33.6 Å². The molecule has 0 saturated heterocycles. The maximum atomic E-state index is 12.2. The first kappa shape index (κ1) is 15.1. The fourth-order valence-corrected chi connectivity index (χ4v) is 1.63. The average Bonchev–Trinajstić information content (AvgIpc) is 2.31. The van der Waals surface area contributed by atoms with Gasteiger partial charge in [-0.15, -0.1) is 0 Å². The predicted molar refractivity (Wildman–Crippen MR) is 72.6 cm³/mol. The molecule has 0 rings (SSSR count). The Hall–Kier alpha value is -0.900. The third-order valence-electron chi connectivity index (χ3n) is 2.27. The third-order valence-corrected chi connectivity index (χ3v) is 2.70. The molecule has 1 N–H and O–H groups in total. The van der Waals surface area contributed by atoms with E-state index in [0.717, 1.165) is 25.9 Å². The van der Waals surface area contributed by atoms with E-state index in [1.807, 2.05) is 24.8 Å². The van der Waals surface area contributed by atoms with Crippen LogP contribution in [0.4, 0.5) is 0 Å². The highest BCUT2D eigenvalue weighted by atomic mass is 32.1. The quantitative estimate of drug-likeness (QED) is 0.572. The van der Waals surface area contributed by atoms with Crippen molar-refractivity contribution in [3.05, 3.63) is 11.6 Å². The predicted octanol–water partition coefficient (Wildman–Crippen LogP) is 2.13. The van der Waals surface area contributed by atoms with E-state index in [1.54, 1.807) is 7.05 Å². The van der Waals surface area contributed by atoms with Crippen molar-refractivity contribution in [2.45, 2.75) is 33.6 Å². The van der Waals surface area contributed by atoms with Crippen molar-refractivity contribution >= 4 is 23.1 Å². The maximum Gasteiger partial charge on any atom is 0.256 e. The fraction of sp³-hybridized carbons (Fsp3) is 0.667. The summed E-state index contributed by atoms with van der Waals surface area (Å²) in [6, 6.07) is 0. The van der Waals surface area contributed by atoms with Gasteiger partial charge in [-0.2, -0.15) is 0 Å². The van der Waals surface area contributed by atoms with Gasteiger partial charge in [-0.05, 0) is 19.8 Å². The molecule has 0 heterocycles. The SMILES string of the molecule is CC/C=C(/C(=O)N(CC)CCC)C(=S)NC. The van der Waals surface area contributed by atoms with E-state index in [4.69, 9.17) is 12.2 Å². The summed E-state index contributed by atoms with van der Waals surface area (Å²) in [7, 11) is 1.75. The van der Waals surface area contributed by atoms with Crippen LogP contribution in [-0.4, -0.2) is 35.9 Å². The van der Waals surface area contributed by atoms with Gasteiger partial charge in [0.2, 0.25) is 0 Å². The van der Waals surface area contributed by atoms with Crippen molar-refractivity contribution in [3.63, 3.8) is 0 Å². The highest BCUT2D eigenvalue weighted by Crippen LogP contribution is 2.06. The van der Waals surface area contributed by atoms with E-state index >= 15 is 0 Å². The number of rotatable bonds is 6. The second-order valence-corrected chi connectivity index (χ2v) is 3.90. The Morgan fingerprint density at radius 2 is 2.00 bits per heavy atom. The Bertz CT molecular complexity index is 274. The first-order valence-electron chi connectivity index (χ1n) is 5.83.